The number of carbonyl (C=O) groups is 5. The van der Waals surface area contributed by atoms with Gasteiger partial charge in [0, 0.05) is 12.8 Å². The minimum absolute atomic E-state index is 0.0120. The largest absolute Gasteiger partial charge is 0.508 e. The molecule has 4 atom stereocenters. The highest BCUT2D eigenvalue weighted by molar-refractivity contribution is 5.95. The van der Waals surface area contributed by atoms with Gasteiger partial charge in [-0.15, -0.1) is 0 Å². The maximum atomic E-state index is 13.5. The minimum Gasteiger partial charge on any atom is -0.508 e. The predicted molar refractivity (Wildman–Crippen MR) is 139 cm³/mol. The molecule has 0 bridgehead atoms. The van der Waals surface area contributed by atoms with Gasteiger partial charge in [0.1, 0.15) is 23.9 Å². The lowest BCUT2D eigenvalue weighted by atomic mass is 10.0. The highest BCUT2D eigenvalue weighted by atomic mass is 16.4. The normalized spacial score (nSPS) is 16.9. The van der Waals surface area contributed by atoms with Crippen molar-refractivity contribution in [3.8, 4) is 5.75 Å². The number of hydrogen-bond donors (Lipinski definition) is 7. The number of aromatic hydroxyl groups is 1. The quantitative estimate of drug-likeness (QED) is 0.182. The number of carbonyl (C=O) groups excluding carboxylic acids is 3. The van der Waals surface area contributed by atoms with Gasteiger partial charge in [0.05, 0.1) is 12.5 Å². The molecule has 39 heavy (non-hydrogen) atoms. The second-order valence-corrected chi connectivity index (χ2v) is 9.33. The maximum Gasteiger partial charge on any atom is 0.326 e. The molecule has 12 nitrogen and oxygen atoms in total. The molecule has 0 aliphatic carbocycles. The van der Waals surface area contributed by atoms with Crippen LogP contribution in [-0.4, -0.2) is 75.7 Å². The summed E-state index contributed by atoms with van der Waals surface area (Å²) in [6.45, 7) is 0.674. The molecule has 0 spiro atoms. The number of carboxylic acids is 2. The van der Waals surface area contributed by atoms with Crippen molar-refractivity contribution >= 4 is 29.7 Å². The molecule has 3 amide bonds. The van der Waals surface area contributed by atoms with E-state index in [2.05, 4.69) is 21.3 Å². The van der Waals surface area contributed by atoms with Gasteiger partial charge in [0.2, 0.25) is 17.7 Å². The Labute approximate surface area is 224 Å². The predicted octanol–water partition coefficient (Wildman–Crippen LogP) is -0.0569. The molecule has 2 aromatic carbocycles. The Hall–Kier alpha value is -4.45. The molecule has 12 heteroatoms. The Balaban J connectivity index is 1.82. The molecule has 7 N–H and O–H groups in total. The minimum atomic E-state index is -1.70. The molecular formula is C27H32N4O8. The van der Waals surface area contributed by atoms with Crippen LogP contribution < -0.4 is 21.3 Å². The molecule has 0 aromatic heterocycles. The van der Waals surface area contributed by atoms with Crippen molar-refractivity contribution < 1.29 is 39.3 Å². The average molecular weight is 541 g/mol. The summed E-state index contributed by atoms with van der Waals surface area (Å²) in [6.07, 6.45) is 0.621. The van der Waals surface area contributed by atoms with Crippen LogP contribution in [0.2, 0.25) is 0 Å². The fourth-order valence-corrected chi connectivity index (χ4v) is 4.24. The molecule has 0 radical (unpaired) electrons. The van der Waals surface area contributed by atoms with Gasteiger partial charge >= 0.3 is 11.9 Å². The van der Waals surface area contributed by atoms with E-state index in [1.807, 2.05) is 0 Å². The third-order valence-electron chi connectivity index (χ3n) is 6.29. The topological polar surface area (TPSA) is 194 Å². The summed E-state index contributed by atoms with van der Waals surface area (Å²) in [5, 5.41) is 38.6. The molecule has 4 unspecified atom stereocenters. The molecule has 208 valence electrons. The third-order valence-corrected chi connectivity index (χ3v) is 6.29. The summed E-state index contributed by atoms with van der Waals surface area (Å²) in [5.41, 5.74) is 1.31. The number of hydrogen-bond acceptors (Lipinski definition) is 7. The van der Waals surface area contributed by atoms with Crippen LogP contribution in [0.4, 0.5) is 0 Å². The third kappa shape index (κ3) is 9.11. The Morgan fingerprint density at radius 3 is 1.90 bits per heavy atom. The summed E-state index contributed by atoms with van der Waals surface area (Å²) in [6, 6.07) is 10.3. The van der Waals surface area contributed by atoms with E-state index in [4.69, 9.17) is 5.11 Å². The number of phenolic OH excluding ortho intramolecular Hbond substituents is 1. The Bertz CT molecular complexity index is 1170. The van der Waals surface area contributed by atoms with Gasteiger partial charge in [0.15, 0.2) is 0 Å². The fourth-order valence-electron chi connectivity index (χ4n) is 4.24. The van der Waals surface area contributed by atoms with Crippen LogP contribution in [0.25, 0.3) is 0 Å². The lowest BCUT2D eigenvalue weighted by Gasteiger charge is -2.25. The number of carboxylic acid groups (broad SMARTS) is 2. The first-order chi connectivity index (χ1) is 18.6. The van der Waals surface area contributed by atoms with E-state index in [9.17, 15) is 34.2 Å². The summed E-state index contributed by atoms with van der Waals surface area (Å²) < 4.78 is 0. The highest BCUT2D eigenvalue weighted by Crippen LogP contribution is 2.13. The fraction of sp³-hybridized carbons (Fsp3) is 0.370. The Morgan fingerprint density at radius 2 is 1.36 bits per heavy atom. The maximum absolute atomic E-state index is 13.5. The smallest absolute Gasteiger partial charge is 0.326 e. The molecule has 1 aliphatic rings. The molecule has 0 saturated carbocycles. The van der Waals surface area contributed by atoms with Crippen LogP contribution in [0.1, 0.15) is 30.4 Å². The molecule has 1 heterocycles. The number of benzene rings is 2. The lowest BCUT2D eigenvalue weighted by molar-refractivity contribution is -0.147. The van der Waals surface area contributed by atoms with Crippen LogP contribution >= 0.6 is 0 Å². The summed E-state index contributed by atoms with van der Waals surface area (Å²) in [4.78, 5) is 62.1. The van der Waals surface area contributed by atoms with E-state index < -0.39 is 54.3 Å². The van der Waals surface area contributed by atoms with Crippen LogP contribution in [0.5, 0.6) is 5.75 Å². The van der Waals surface area contributed by atoms with E-state index >= 15 is 0 Å². The van der Waals surface area contributed by atoms with Crippen molar-refractivity contribution in [3.05, 3.63) is 65.7 Å². The zero-order valence-electron chi connectivity index (χ0n) is 21.1. The first kappa shape index (κ1) is 29.1. The number of phenols is 1. The Morgan fingerprint density at radius 1 is 0.795 bits per heavy atom. The average Bonchev–Trinajstić information content (AvgIpc) is 3.44. The first-order valence-electron chi connectivity index (χ1n) is 12.5. The molecule has 2 aromatic rings. The molecule has 1 saturated heterocycles. The summed E-state index contributed by atoms with van der Waals surface area (Å²) >= 11 is 0. The zero-order valence-corrected chi connectivity index (χ0v) is 21.1. The molecule has 3 rings (SSSR count). The number of aliphatic carboxylic acids is 2. The van der Waals surface area contributed by atoms with Crippen LogP contribution in [0.3, 0.4) is 0 Å². The van der Waals surface area contributed by atoms with E-state index in [1.165, 1.54) is 12.1 Å². The van der Waals surface area contributed by atoms with Gasteiger partial charge in [-0.05, 0) is 42.6 Å². The summed E-state index contributed by atoms with van der Waals surface area (Å²) in [7, 11) is 0. The lowest BCUT2D eigenvalue weighted by Crippen LogP contribution is -2.58. The van der Waals surface area contributed by atoms with Crippen molar-refractivity contribution in [2.75, 3.05) is 6.54 Å². The van der Waals surface area contributed by atoms with Crippen molar-refractivity contribution in [1.29, 1.82) is 0 Å². The van der Waals surface area contributed by atoms with Crippen LogP contribution in [-0.2, 0) is 36.8 Å². The van der Waals surface area contributed by atoms with Gasteiger partial charge in [-0.2, -0.15) is 0 Å². The highest BCUT2D eigenvalue weighted by Gasteiger charge is 2.32. The zero-order chi connectivity index (χ0) is 28.4. The van der Waals surface area contributed by atoms with E-state index in [1.54, 1.807) is 42.5 Å². The van der Waals surface area contributed by atoms with Crippen LogP contribution in [0.15, 0.2) is 54.6 Å². The Kier molecular flexibility index (Phi) is 10.4. The standard InChI is InChI=1S/C27H32N4O8/c32-18-10-8-17(9-11-18)14-21(29-24(35)19-7-4-12-28-19)25(36)30-20(13-16-5-2-1-3-6-16)26(37)31-22(27(38)39)15-23(33)34/h1-3,5-6,8-11,19-22,28,32H,4,7,12-15H2,(H,29,35)(H,30,36)(H,31,37)(H,33,34)(H,38,39). The van der Waals surface area contributed by atoms with Crippen LogP contribution in [0, 0.1) is 0 Å². The first-order valence-corrected chi connectivity index (χ1v) is 12.5. The molecular weight excluding hydrogens is 508 g/mol. The van der Waals surface area contributed by atoms with Crippen molar-refractivity contribution in [2.24, 2.45) is 0 Å². The summed E-state index contributed by atoms with van der Waals surface area (Å²) in [5.74, 6) is -4.85. The van der Waals surface area contributed by atoms with Gasteiger partial charge in [0.25, 0.3) is 0 Å². The number of amides is 3. The second-order valence-electron chi connectivity index (χ2n) is 9.33. The van der Waals surface area contributed by atoms with E-state index in [-0.39, 0.29) is 24.5 Å². The van der Waals surface area contributed by atoms with Crippen molar-refractivity contribution in [2.45, 2.75) is 56.3 Å². The van der Waals surface area contributed by atoms with Gasteiger partial charge < -0.3 is 36.6 Å². The monoisotopic (exact) mass is 540 g/mol. The number of rotatable bonds is 13. The van der Waals surface area contributed by atoms with E-state index in [0.29, 0.717) is 24.1 Å². The molecule has 1 fully saturated rings. The van der Waals surface area contributed by atoms with Gasteiger partial charge in [-0.3, -0.25) is 19.2 Å². The second kappa shape index (κ2) is 13.9. The molecule has 1 aliphatic heterocycles. The van der Waals surface area contributed by atoms with Gasteiger partial charge in [-0.1, -0.05) is 42.5 Å². The van der Waals surface area contributed by atoms with Gasteiger partial charge in [-0.25, -0.2) is 4.79 Å². The number of nitrogens with one attached hydrogen (secondary N) is 4. The van der Waals surface area contributed by atoms with Crippen molar-refractivity contribution in [1.82, 2.24) is 21.3 Å². The van der Waals surface area contributed by atoms with E-state index in [0.717, 1.165) is 6.42 Å². The SMILES string of the molecule is O=C(O)CC(NC(=O)C(Cc1ccccc1)NC(=O)C(Cc1ccc(O)cc1)NC(=O)C1CCCN1)C(=O)O. The van der Waals surface area contributed by atoms with Crippen molar-refractivity contribution in [3.63, 3.8) is 0 Å².